The molecule has 0 amide bonds. The fourth-order valence-corrected chi connectivity index (χ4v) is 3.20. The molecule has 0 aliphatic heterocycles. The molecule has 1 heterocycles. The Bertz CT molecular complexity index is 732. The second-order valence-electron chi connectivity index (χ2n) is 5.14. The van der Waals surface area contributed by atoms with E-state index in [0.29, 0.717) is 0 Å². The van der Waals surface area contributed by atoms with Crippen LogP contribution in [-0.2, 0) is 6.42 Å². The molecular weight excluding hydrogens is 334 g/mol. The van der Waals surface area contributed by atoms with Crippen LogP contribution in [0.1, 0.15) is 36.4 Å². The number of hydrogen-bond donors (Lipinski definition) is 0. The zero-order valence-electron chi connectivity index (χ0n) is 13.4. The third-order valence-electron chi connectivity index (χ3n) is 3.76. The van der Waals surface area contributed by atoms with Gasteiger partial charge in [-0.3, -0.25) is 0 Å². The van der Waals surface area contributed by atoms with Crippen LogP contribution in [0.2, 0.25) is 0 Å². The Hall–Kier alpha value is -1.80. The molecule has 0 N–H and O–H groups in total. The molecule has 0 radical (unpaired) electrons. The van der Waals surface area contributed by atoms with E-state index in [2.05, 4.69) is 90.3 Å². The van der Waals surface area contributed by atoms with Gasteiger partial charge in [-0.25, -0.2) is 0 Å². The summed E-state index contributed by atoms with van der Waals surface area (Å²) in [6, 6.07) is 8.41. The van der Waals surface area contributed by atoms with Crippen molar-refractivity contribution in [3.05, 3.63) is 76.1 Å². The van der Waals surface area contributed by atoms with Crippen molar-refractivity contribution in [2.75, 3.05) is 0 Å². The van der Waals surface area contributed by atoms with E-state index in [0.717, 1.165) is 16.6 Å². The molecule has 2 rings (SSSR count). The molecule has 2 heteroatoms. The van der Waals surface area contributed by atoms with Crippen molar-refractivity contribution in [3.8, 4) is 5.69 Å². The van der Waals surface area contributed by atoms with Crippen LogP contribution < -0.4 is 0 Å². The molecule has 0 bridgehead atoms. The Balaban J connectivity index is 2.83. The number of allylic oxidation sites excluding steroid dienone is 3. The Morgan fingerprint density at radius 2 is 2.00 bits per heavy atom. The standard InChI is InChI=1S/C20H22BrN/c1-5-8-13-20-18(7-3)15(4)19(10-6-2)22(20)17-12-9-11-16(21)14-17/h5-6,8-14H,1,7H2,2-4H3/b10-6-,13-8-. The molecule has 0 fully saturated rings. The van der Waals surface area contributed by atoms with Crippen LogP contribution in [0.25, 0.3) is 17.8 Å². The van der Waals surface area contributed by atoms with Gasteiger partial charge in [-0.15, -0.1) is 0 Å². The van der Waals surface area contributed by atoms with Crippen molar-refractivity contribution in [3.63, 3.8) is 0 Å². The van der Waals surface area contributed by atoms with Crippen LogP contribution in [0.4, 0.5) is 0 Å². The Morgan fingerprint density at radius 3 is 2.59 bits per heavy atom. The highest BCUT2D eigenvalue weighted by atomic mass is 79.9. The molecule has 0 atom stereocenters. The largest absolute Gasteiger partial charge is 0.310 e. The Morgan fingerprint density at radius 1 is 1.23 bits per heavy atom. The van der Waals surface area contributed by atoms with E-state index < -0.39 is 0 Å². The summed E-state index contributed by atoms with van der Waals surface area (Å²) in [5, 5.41) is 0. The molecule has 1 nitrogen and oxygen atoms in total. The summed E-state index contributed by atoms with van der Waals surface area (Å²) in [4.78, 5) is 0. The Kier molecular flexibility index (Phi) is 5.62. The maximum absolute atomic E-state index is 3.80. The van der Waals surface area contributed by atoms with Crippen molar-refractivity contribution in [1.29, 1.82) is 0 Å². The molecule has 0 saturated carbocycles. The number of halogens is 1. The molecule has 0 spiro atoms. The molecule has 22 heavy (non-hydrogen) atoms. The van der Waals surface area contributed by atoms with E-state index in [4.69, 9.17) is 0 Å². The smallest absolute Gasteiger partial charge is 0.0497 e. The lowest BCUT2D eigenvalue weighted by atomic mass is 10.1. The van der Waals surface area contributed by atoms with Gasteiger partial charge in [0.2, 0.25) is 0 Å². The first-order chi connectivity index (χ1) is 10.6. The van der Waals surface area contributed by atoms with Crippen molar-refractivity contribution < 1.29 is 0 Å². The highest BCUT2D eigenvalue weighted by Gasteiger charge is 2.16. The third kappa shape index (κ3) is 3.17. The fourth-order valence-electron chi connectivity index (χ4n) is 2.81. The van der Waals surface area contributed by atoms with Gasteiger partial charge < -0.3 is 4.57 Å². The van der Waals surface area contributed by atoms with Crippen LogP contribution in [-0.4, -0.2) is 4.57 Å². The van der Waals surface area contributed by atoms with E-state index in [-0.39, 0.29) is 0 Å². The van der Waals surface area contributed by atoms with Gasteiger partial charge in [-0.1, -0.05) is 53.7 Å². The molecule has 1 aromatic heterocycles. The van der Waals surface area contributed by atoms with Crippen LogP contribution in [0, 0.1) is 6.92 Å². The van der Waals surface area contributed by atoms with Crippen molar-refractivity contribution in [2.24, 2.45) is 0 Å². The molecular formula is C20H22BrN. The maximum atomic E-state index is 3.80. The molecule has 1 aromatic carbocycles. The Labute approximate surface area is 141 Å². The fraction of sp³-hybridized carbons (Fsp3) is 0.200. The first-order valence-corrected chi connectivity index (χ1v) is 8.35. The van der Waals surface area contributed by atoms with Gasteiger partial charge in [0, 0.05) is 21.5 Å². The minimum Gasteiger partial charge on any atom is -0.310 e. The van der Waals surface area contributed by atoms with E-state index in [1.54, 1.807) is 0 Å². The second-order valence-corrected chi connectivity index (χ2v) is 6.05. The van der Waals surface area contributed by atoms with E-state index in [1.807, 2.05) is 12.2 Å². The summed E-state index contributed by atoms with van der Waals surface area (Å²) in [6.45, 7) is 10.3. The topological polar surface area (TPSA) is 4.93 Å². The van der Waals surface area contributed by atoms with Gasteiger partial charge >= 0.3 is 0 Å². The van der Waals surface area contributed by atoms with Crippen molar-refractivity contribution >= 4 is 28.1 Å². The number of hydrogen-bond acceptors (Lipinski definition) is 0. The summed E-state index contributed by atoms with van der Waals surface area (Å²) in [6.07, 6.45) is 11.3. The van der Waals surface area contributed by atoms with Crippen LogP contribution in [0.3, 0.4) is 0 Å². The lowest BCUT2D eigenvalue weighted by Gasteiger charge is -2.11. The minimum atomic E-state index is 1.01. The molecule has 0 unspecified atom stereocenters. The van der Waals surface area contributed by atoms with Crippen LogP contribution in [0.15, 0.2) is 53.5 Å². The zero-order valence-corrected chi connectivity index (χ0v) is 15.0. The molecule has 0 aliphatic rings. The summed E-state index contributed by atoms with van der Waals surface area (Å²) >= 11 is 3.58. The lowest BCUT2D eigenvalue weighted by Crippen LogP contribution is -2.00. The monoisotopic (exact) mass is 355 g/mol. The normalized spacial score (nSPS) is 11.6. The quantitative estimate of drug-likeness (QED) is 0.551. The first-order valence-electron chi connectivity index (χ1n) is 7.55. The molecule has 114 valence electrons. The number of benzene rings is 1. The summed E-state index contributed by atoms with van der Waals surface area (Å²) in [7, 11) is 0. The number of aromatic nitrogens is 1. The van der Waals surface area contributed by atoms with Gasteiger partial charge in [-0.2, -0.15) is 0 Å². The van der Waals surface area contributed by atoms with Gasteiger partial charge in [-0.05, 0) is 61.7 Å². The molecule has 0 saturated heterocycles. The van der Waals surface area contributed by atoms with Gasteiger partial charge in [0.25, 0.3) is 0 Å². The summed E-state index contributed by atoms with van der Waals surface area (Å²) in [5.41, 5.74) is 6.34. The SMILES string of the molecule is C=C/C=C\c1c(CC)c(C)c(/C=C\C)n1-c1cccc(Br)c1. The van der Waals surface area contributed by atoms with E-state index in [9.17, 15) is 0 Å². The number of nitrogens with zero attached hydrogens (tertiary/aromatic N) is 1. The zero-order chi connectivity index (χ0) is 16.1. The highest BCUT2D eigenvalue weighted by molar-refractivity contribution is 9.10. The molecule has 0 aliphatic carbocycles. The predicted molar refractivity (Wildman–Crippen MR) is 102 cm³/mol. The lowest BCUT2D eigenvalue weighted by molar-refractivity contribution is 1.02. The van der Waals surface area contributed by atoms with Crippen molar-refractivity contribution in [1.82, 2.24) is 4.57 Å². The minimum absolute atomic E-state index is 1.01. The van der Waals surface area contributed by atoms with E-state index >= 15 is 0 Å². The third-order valence-corrected chi connectivity index (χ3v) is 4.26. The number of rotatable bonds is 5. The average Bonchev–Trinajstić information content (AvgIpc) is 2.77. The molecule has 2 aromatic rings. The van der Waals surface area contributed by atoms with Gasteiger partial charge in [0.1, 0.15) is 0 Å². The second kappa shape index (κ2) is 7.46. The van der Waals surface area contributed by atoms with Crippen LogP contribution in [0.5, 0.6) is 0 Å². The summed E-state index contributed by atoms with van der Waals surface area (Å²) in [5.74, 6) is 0. The maximum Gasteiger partial charge on any atom is 0.0497 e. The van der Waals surface area contributed by atoms with Crippen LogP contribution >= 0.6 is 15.9 Å². The van der Waals surface area contributed by atoms with Gasteiger partial charge in [0.05, 0.1) is 0 Å². The summed E-state index contributed by atoms with van der Waals surface area (Å²) < 4.78 is 3.40. The van der Waals surface area contributed by atoms with E-state index in [1.165, 1.54) is 22.5 Å². The first kappa shape index (κ1) is 16.6. The van der Waals surface area contributed by atoms with Crippen molar-refractivity contribution in [2.45, 2.75) is 27.2 Å². The van der Waals surface area contributed by atoms with Gasteiger partial charge in [0.15, 0.2) is 0 Å². The average molecular weight is 356 g/mol. The predicted octanol–water partition coefficient (Wildman–Crippen LogP) is 6.34. The highest BCUT2D eigenvalue weighted by Crippen LogP contribution is 2.30.